The normalized spacial score (nSPS) is 7.92. The van der Waals surface area contributed by atoms with E-state index in [0.717, 1.165) is 0 Å². The maximum Gasteiger partial charge on any atom is 0.372 e. The van der Waals surface area contributed by atoms with Crippen LogP contribution in [0.2, 0.25) is 0 Å². The number of halogens is 1. The van der Waals surface area contributed by atoms with Crippen LogP contribution in [-0.2, 0) is 4.89 Å². The van der Waals surface area contributed by atoms with E-state index in [0.29, 0.717) is 5.56 Å². The van der Waals surface area contributed by atoms with Gasteiger partial charge in [-0.05, 0) is 12.1 Å². The van der Waals surface area contributed by atoms with E-state index in [-0.39, 0.29) is 0 Å². The monoisotopic (exact) mass is 188 g/mol. The third-order valence-electron chi connectivity index (χ3n) is 1.09. The highest BCUT2D eigenvalue weighted by molar-refractivity contribution is 6.15. The Morgan fingerprint density at radius 3 is 2.25 bits per heavy atom. The Labute approximate surface area is 75.5 Å². The van der Waals surface area contributed by atoms with Crippen LogP contribution in [0.15, 0.2) is 30.3 Å². The van der Waals surface area contributed by atoms with Gasteiger partial charge in [-0.2, -0.15) is 5.26 Å². The summed E-state index contributed by atoms with van der Waals surface area (Å²) in [5, 5.41) is 7.94. The van der Waals surface area contributed by atoms with Crippen LogP contribution in [0.3, 0.4) is 0 Å². The summed E-state index contributed by atoms with van der Waals surface area (Å²) in [7, 11) is 0. The first kappa shape index (κ1) is 10.9. The van der Waals surface area contributed by atoms with Crippen LogP contribution >= 0.6 is 11.6 Å². The fraction of sp³-hybridized carbons (Fsp3) is 0.125. The van der Waals surface area contributed by atoms with Gasteiger partial charge in [0, 0.05) is 6.38 Å². The molecule has 0 saturated heterocycles. The molecular weight excluding hydrogens is 180 g/mol. The van der Waals surface area contributed by atoms with Crippen LogP contribution in [0.1, 0.15) is 10.4 Å². The number of rotatable bonds is 1. The SMILES string of the molecule is CCl.O=C(OO)c1ccccc1. The zero-order valence-corrected chi connectivity index (χ0v) is 7.28. The summed E-state index contributed by atoms with van der Waals surface area (Å²) < 4.78 is 0. The largest absolute Gasteiger partial charge is 0.372 e. The summed E-state index contributed by atoms with van der Waals surface area (Å²) in [6, 6.07) is 8.25. The summed E-state index contributed by atoms with van der Waals surface area (Å²) in [6.07, 6.45) is 1.47. The summed E-state index contributed by atoms with van der Waals surface area (Å²) in [5.74, 6) is -0.736. The van der Waals surface area contributed by atoms with Crippen LogP contribution < -0.4 is 0 Å². The number of carbonyl (C=O) groups excluding carboxylic acids is 1. The van der Waals surface area contributed by atoms with Crippen LogP contribution in [0, 0.1) is 0 Å². The van der Waals surface area contributed by atoms with Gasteiger partial charge in [0.05, 0.1) is 5.56 Å². The van der Waals surface area contributed by atoms with Gasteiger partial charge in [0.1, 0.15) is 0 Å². The molecule has 4 heteroatoms. The minimum atomic E-state index is -0.736. The van der Waals surface area contributed by atoms with Crippen molar-refractivity contribution in [3.05, 3.63) is 35.9 Å². The molecule has 12 heavy (non-hydrogen) atoms. The molecule has 0 amide bonds. The molecule has 1 rings (SSSR count). The van der Waals surface area contributed by atoms with E-state index in [1.54, 1.807) is 30.3 Å². The fourth-order valence-corrected chi connectivity index (χ4v) is 0.627. The second kappa shape index (κ2) is 6.64. The molecule has 1 aromatic carbocycles. The van der Waals surface area contributed by atoms with Crippen molar-refractivity contribution >= 4 is 17.6 Å². The Balaban J connectivity index is 0.000000561. The highest BCUT2D eigenvalue weighted by Gasteiger charge is 2.02. The van der Waals surface area contributed by atoms with Gasteiger partial charge in [0.15, 0.2) is 0 Å². The van der Waals surface area contributed by atoms with Crippen LogP contribution in [0.25, 0.3) is 0 Å². The maximum absolute atomic E-state index is 10.5. The average Bonchev–Trinajstić information content (AvgIpc) is 2.21. The van der Waals surface area contributed by atoms with Gasteiger partial charge in [-0.25, -0.2) is 4.79 Å². The fourth-order valence-electron chi connectivity index (χ4n) is 0.627. The van der Waals surface area contributed by atoms with Gasteiger partial charge in [-0.3, -0.25) is 4.89 Å². The highest BCUT2D eigenvalue weighted by Crippen LogP contribution is 1.98. The standard InChI is InChI=1S/C7H6O3.CH3Cl/c8-7(10-9)6-4-2-1-3-5-6;1-2/h1-5,9H;1H3. The van der Waals surface area contributed by atoms with Crippen LogP contribution in [-0.4, -0.2) is 17.6 Å². The first-order chi connectivity index (χ1) is 5.84. The van der Waals surface area contributed by atoms with E-state index in [9.17, 15) is 4.79 Å². The Hall–Kier alpha value is -1.06. The second-order valence-corrected chi connectivity index (χ2v) is 1.74. The first-order valence-corrected chi connectivity index (χ1v) is 3.89. The van der Waals surface area contributed by atoms with Gasteiger partial charge in [-0.1, -0.05) is 18.2 Å². The van der Waals surface area contributed by atoms with E-state index in [1.807, 2.05) is 0 Å². The molecule has 0 aromatic heterocycles. The molecule has 0 bridgehead atoms. The second-order valence-electron chi connectivity index (χ2n) is 1.74. The average molecular weight is 189 g/mol. The van der Waals surface area contributed by atoms with E-state index in [2.05, 4.69) is 16.5 Å². The number of carbonyl (C=O) groups is 1. The molecule has 0 aliphatic carbocycles. The Morgan fingerprint density at radius 2 is 1.83 bits per heavy atom. The van der Waals surface area contributed by atoms with E-state index >= 15 is 0 Å². The quantitative estimate of drug-likeness (QED) is 0.418. The molecule has 0 unspecified atom stereocenters. The zero-order valence-electron chi connectivity index (χ0n) is 6.53. The smallest absolute Gasteiger partial charge is 0.296 e. The molecule has 0 saturated carbocycles. The molecule has 3 nitrogen and oxygen atoms in total. The molecule has 0 heterocycles. The highest BCUT2D eigenvalue weighted by atomic mass is 35.5. The molecule has 66 valence electrons. The van der Waals surface area contributed by atoms with Crippen molar-refractivity contribution in [1.29, 1.82) is 0 Å². The van der Waals surface area contributed by atoms with Gasteiger partial charge in [0.25, 0.3) is 0 Å². The number of hydrogen-bond acceptors (Lipinski definition) is 3. The number of hydrogen-bond donors (Lipinski definition) is 1. The minimum absolute atomic E-state index is 0.338. The molecular formula is C8H9ClO3. The molecule has 1 aromatic rings. The molecule has 0 spiro atoms. The molecule has 0 atom stereocenters. The number of alkyl halides is 1. The lowest BCUT2D eigenvalue weighted by molar-refractivity contribution is -0.182. The van der Waals surface area contributed by atoms with Crippen molar-refractivity contribution in [3.8, 4) is 0 Å². The van der Waals surface area contributed by atoms with E-state index in [4.69, 9.17) is 5.26 Å². The van der Waals surface area contributed by atoms with Crippen molar-refractivity contribution in [3.63, 3.8) is 0 Å². The maximum atomic E-state index is 10.5. The van der Waals surface area contributed by atoms with Gasteiger partial charge in [-0.15, -0.1) is 11.6 Å². The lowest BCUT2D eigenvalue weighted by Crippen LogP contribution is -2.00. The topological polar surface area (TPSA) is 46.5 Å². The lowest BCUT2D eigenvalue weighted by atomic mass is 10.2. The van der Waals surface area contributed by atoms with Gasteiger partial charge in [0.2, 0.25) is 0 Å². The van der Waals surface area contributed by atoms with Crippen molar-refractivity contribution in [2.45, 2.75) is 0 Å². The van der Waals surface area contributed by atoms with Crippen molar-refractivity contribution in [2.75, 3.05) is 6.38 Å². The summed E-state index contributed by atoms with van der Waals surface area (Å²) in [4.78, 5) is 14.0. The first-order valence-electron chi connectivity index (χ1n) is 3.13. The molecule has 0 aliphatic rings. The Bertz CT molecular complexity index is 223. The predicted octanol–water partition coefficient (Wildman–Crippen LogP) is 2.17. The Kier molecular flexibility index (Phi) is 6.05. The van der Waals surface area contributed by atoms with Gasteiger partial charge >= 0.3 is 5.97 Å². The third kappa shape index (κ3) is 3.37. The number of benzene rings is 1. The van der Waals surface area contributed by atoms with E-state index in [1.165, 1.54) is 6.38 Å². The Morgan fingerprint density at radius 1 is 1.33 bits per heavy atom. The van der Waals surface area contributed by atoms with E-state index < -0.39 is 5.97 Å². The molecule has 0 fully saturated rings. The minimum Gasteiger partial charge on any atom is -0.296 e. The molecule has 0 aliphatic heterocycles. The van der Waals surface area contributed by atoms with Crippen LogP contribution in [0.4, 0.5) is 0 Å². The zero-order chi connectivity index (χ0) is 9.40. The molecule has 1 N–H and O–H groups in total. The van der Waals surface area contributed by atoms with Crippen molar-refractivity contribution in [2.24, 2.45) is 0 Å². The van der Waals surface area contributed by atoms with Gasteiger partial charge < -0.3 is 0 Å². The summed E-state index contributed by atoms with van der Waals surface area (Å²) in [6.45, 7) is 0. The van der Waals surface area contributed by atoms with Crippen molar-refractivity contribution in [1.82, 2.24) is 0 Å². The summed E-state index contributed by atoms with van der Waals surface area (Å²) >= 11 is 4.64. The molecule has 0 radical (unpaired) electrons. The third-order valence-corrected chi connectivity index (χ3v) is 1.09. The van der Waals surface area contributed by atoms with Crippen molar-refractivity contribution < 1.29 is 14.9 Å². The van der Waals surface area contributed by atoms with Crippen LogP contribution in [0.5, 0.6) is 0 Å². The summed E-state index contributed by atoms with van der Waals surface area (Å²) in [5.41, 5.74) is 0.338. The lowest BCUT2D eigenvalue weighted by Gasteiger charge is -1.92. The predicted molar refractivity (Wildman–Crippen MR) is 46.3 cm³/mol.